The first-order valence-corrected chi connectivity index (χ1v) is 13.3. The third kappa shape index (κ3) is 6.26. The number of carbonyl (C=O) groups excluding carboxylic acids is 3. The minimum absolute atomic E-state index is 0.134. The maximum Gasteiger partial charge on any atom is 0.328 e. The summed E-state index contributed by atoms with van der Waals surface area (Å²) in [7, 11) is 1.28. The number of carbonyl (C=O) groups is 3. The van der Waals surface area contributed by atoms with Crippen molar-refractivity contribution in [2.75, 3.05) is 12.4 Å². The minimum atomic E-state index is -0.758. The van der Waals surface area contributed by atoms with E-state index in [2.05, 4.69) is 21.7 Å². The predicted molar refractivity (Wildman–Crippen MR) is 148 cm³/mol. The Labute approximate surface area is 227 Å². The van der Waals surface area contributed by atoms with Crippen molar-refractivity contribution in [1.82, 2.24) is 10.3 Å². The quantitative estimate of drug-likeness (QED) is 0.329. The van der Waals surface area contributed by atoms with Crippen LogP contribution >= 0.6 is 11.3 Å². The highest BCUT2D eigenvalue weighted by atomic mass is 32.1. The number of nitrogens with zero attached hydrogens (tertiary/aromatic N) is 2. The van der Waals surface area contributed by atoms with Crippen molar-refractivity contribution >= 4 is 34.8 Å². The summed E-state index contributed by atoms with van der Waals surface area (Å²) in [6.45, 7) is 7.63. The van der Waals surface area contributed by atoms with Crippen LogP contribution in [0.4, 0.5) is 5.69 Å². The van der Waals surface area contributed by atoms with E-state index in [1.165, 1.54) is 18.4 Å². The molecule has 0 spiro atoms. The number of amides is 2. The molecule has 2 aromatic carbocycles. The molecule has 0 saturated carbocycles. The summed E-state index contributed by atoms with van der Waals surface area (Å²) in [4.78, 5) is 42.3. The zero-order valence-corrected chi connectivity index (χ0v) is 23.0. The van der Waals surface area contributed by atoms with Crippen molar-refractivity contribution in [3.05, 3.63) is 70.9 Å². The minimum Gasteiger partial charge on any atom is -0.467 e. The van der Waals surface area contributed by atoms with E-state index in [1.54, 1.807) is 30.5 Å². The molecule has 2 amide bonds. The summed E-state index contributed by atoms with van der Waals surface area (Å²) in [5, 5.41) is 15.5. The van der Waals surface area contributed by atoms with E-state index in [4.69, 9.17) is 4.74 Å². The van der Waals surface area contributed by atoms with Crippen molar-refractivity contribution in [3.8, 4) is 16.5 Å². The molecule has 0 bridgehead atoms. The van der Waals surface area contributed by atoms with Gasteiger partial charge in [-0.3, -0.25) is 9.59 Å². The number of methoxy groups -OCH3 is 1. The van der Waals surface area contributed by atoms with E-state index in [0.29, 0.717) is 24.1 Å². The highest BCUT2D eigenvalue weighted by Crippen LogP contribution is 2.31. The first kappa shape index (κ1) is 28.5. The lowest BCUT2D eigenvalue weighted by molar-refractivity contribution is -0.144. The van der Waals surface area contributed by atoms with Crippen molar-refractivity contribution in [2.45, 2.75) is 52.0 Å². The number of anilines is 1. The van der Waals surface area contributed by atoms with Gasteiger partial charge in [0.1, 0.15) is 6.04 Å². The van der Waals surface area contributed by atoms with E-state index in [0.717, 1.165) is 16.0 Å². The van der Waals surface area contributed by atoms with Crippen molar-refractivity contribution in [3.63, 3.8) is 0 Å². The summed E-state index contributed by atoms with van der Waals surface area (Å²) in [5.41, 5.74) is 2.33. The number of nitrogens with one attached hydrogen (secondary N) is 2. The Morgan fingerprint density at radius 3 is 2.18 bits per heavy atom. The zero-order chi connectivity index (χ0) is 27.9. The molecule has 198 valence electrons. The second kappa shape index (κ2) is 12.5. The molecule has 1 heterocycles. The standard InChI is InChI=1S/C29H32N4O4S/c1-6-29(7-2,17-30)21-12-8-20(9-13-21)25(34)32-22-14-10-19(11-15-22)23-16-31-27(38-23)26(35)33-24(18(3)4)28(36)37-5/h8-16,18,24H,6-7H2,1-5H3,(H,32,34)(H,33,35). The molecule has 2 N–H and O–H groups in total. The van der Waals surface area contributed by atoms with Crippen LogP contribution in [0.2, 0.25) is 0 Å². The lowest BCUT2D eigenvalue weighted by atomic mass is 9.77. The average Bonchev–Trinajstić information content (AvgIpc) is 3.43. The molecule has 9 heteroatoms. The van der Waals surface area contributed by atoms with Crippen molar-refractivity contribution in [1.29, 1.82) is 5.26 Å². The molecule has 0 fully saturated rings. The summed E-state index contributed by atoms with van der Waals surface area (Å²) in [6, 6.07) is 16.1. The Hall–Kier alpha value is -4.03. The Morgan fingerprint density at radius 1 is 1.03 bits per heavy atom. The van der Waals surface area contributed by atoms with E-state index < -0.39 is 23.3 Å². The van der Waals surface area contributed by atoms with Crippen LogP contribution in [0.1, 0.15) is 66.3 Å². The maximum absolute atomic E-state index is 12.8. The number of rotatable bonds is 10. The largest absolute Gasteiger partial charge is 0.467 e. The SMILES string of the molecule is CCC(C#N)(CC)c1ccc(C(=O)Nc2ccc(-c3cnc(C(=O)NC(C(=O)OC)C(C)C)s3)cc2)cc1. The van der Waals surface area contributed by atoms with E-state index in [9.17, 15) is 19.6 Å². The van der Waals surface area contributed by atoms with Crippen molar-refractivity contribution in [2.24, 2.45) is 5.92 Å². The number of esters is 1. The van der Waals surface area contributed by atoms with Crippen LogP contribution in [0.5, 0.6) is 0 Å². The van der Waals surface area contributed by atoms with Crippen molar-refractivity contribution < 1.29 is 19.1 Å². The summed E-state index contributed by atoms with van der Waals surface area (Å²) >= 11 is 1.21. The van der Waals surface area contributed by atoms with Crippen LogP contribution in [0.25, 0.3) is 10.4 Å². The summed E-state index contributed by atoms with van der Waals surface area (Å²) < 4.78 is 4.77. The Kier molecular flexibility index (Phi) is 9.37. The topological polar surface area (TPSA) is 121 Å². The van der Waals surface area contributed by atoms with E-state index in [-0.39, 0.29) is 16.8 Å². The average molecular weight is 533 g/mol. The van der Waals surface area contributed by atoms with Gasteiger partial charge in [0.25, 0.3) is 11.8 Å². The van der Waals surface area contributed by atoms with Crippen LogP contribution < -0.4 is 10.6 Å². The summed E-state index contributed by atoms with van der Waals surface area (Å²) in [5.74, 6) is -1.33. The van der Waals surface area contributed by atoms with Gasteiger partial charge in [0.2, 0.25) is 0 Å². The Balaban J connectivity index is 1.67. The molecular formula is C29H32N4O4S. The second-order valence-corrected chi connectivity index (χ2v) is 10.3. The predicted octanol–water partition coefficient (Wildman–Crippen LogP) is 5.57. The van der Waals surface area contributed by atoms with Gasteiger partial charge in [-0.2, -0.15) is 5.26 Å². The molecule has 1 aromatic heterocycles. The highest BCUT2D eigenvalue weighted by Gasteiger charge is 2.28. The van der Waals surface area contributed by atoms with Gasteiger partial charge in [0.05, 0.1) is 23.5 Å². The lowest BCUT2D eigenvalue weighted by Gasteiger charge is -2.24. The Bertz CT molecular complexity index is 1320. The van der Waals surface area contributed by atoms with Crippen LogP contribution in [0.3, 0.4) is 0 Å². The molecule has 1 atom stereocenters. The third-order valence-electron chi connectivity index (χ3n) is 6.66. The van der Waals surface area contributed by atoms with E-state index >= 15 is 0 Å². The fraction of sp³-hybridized carbons (Fsp3) is 0.345. The van der Waals surface area contributed by atoms with Crippen LogP contribution in [-0.2, 0) is 14.9 Å². The first-order valence-electron chi connectivity index (χ1n) is 12.5. The smallest absolute Gasteiger partial charge is 0.328 e. The molecule has 3 aromatic rings. The van der Waals surface area contributed by atoms with Gasteiger partial charge in [-0.1, -0.05) is 52.0 Å². The molecule has 0 aliphatic carbocycles. The molecule has 0 radical (unpaired) electrons. The monoisotopic (exact) mass is 532 g/mol. The lowest BCUT2D eigenvalue weighted by Crippen LogP contribution is -2.44. The second-order valence-electron chi connectivity index (χ2n) is 9.26. The number of nitriles is 1. The molecule has 0 aliphatic rings. The van der Waals surface area contributed by atoms with Gasteiger partial charge in [0, 0.05) is 17.4 Å². The number of hydrogen-bond acceptors (Lipinski definition) is 7. The molecule has 0 aliphatic heterocycles. The normalized spacial score (nSPS) is 11.9. The van der Waals surface area contributed by atoms with Gasteiger partial charge in [0.15, 0.2) is 5.01 Å². The number of benzene rings is 2. The first-order chi connectivity index (χ1) is 18.2. The highest BCUT2D eigenvalue weighted by molar-refractivity contribution is 7.17. The third-order valence-corrected chi connectivity index (χ3v) is 7.70. The van der Waals surface area contributed by atoms with Gasteiger partial charge in [-0.25, -0.2) is 9.78 Å². The fourth-order valence-electron chi connectivity index (χ4n) is 4.08. The molecule has 0 saturated heterocycles. The molecular weight excluding hydrogens is 500 g/mol. The molecule has 3 rings (SSSR count). The van der Waals surface area contributed by atoms with Gasteiger partial charge >= 0.3 is 5.97 Å². The zero-order valence-electron chi connectivity index (χ0n) is 22.2. The Morgan fingerprint density at radius 2 is 1.66 bits per heavy atom. The molecule has 1 unspecified atom stereocenters. The molecule has 38 heavy (non-hydrogen) atoms. The van der Waals surface area contributed by atoms with Gasteiger partial charge in [-0.15, -0.1) is 11.3 Å². The number of thiazole rings is 1. The van der Waals surface area contributed by atoms with Crippen LogP contribution in [-0.4, -0.2) is 35.9 Å². The fourth-order valence-corrected chi connectivity index (χ4v) is 4.91. The molecule has 8 nitrogen and oxygen atoms in total. The van der Waals surface area contributed by atoms with Crippen LogP contribution in [0, 0.1) is 17.2 Å². The summed E-state index contributed by atoms with van der Waals surface area (Å²) in [6.07, 6.45) is 3.01. The van der Waals surface area contributed by atoms with E-state index in [1.807, 2.05) is 52.0 Å². The maximum atomic E-state index is 12.8. The van der Waals surface area contributed by atoms with Gasteiger partial charge < -0.3 is 15.4 Å². The number of aromatic nitrogens is 1. The van der Waals surface area contributed by atoms with Gasteiger partial charge in [-0.05, 0) is 54.2 Å². The van der Waals surface area contributed by atoms with Crippen LogP contribution in [0.15, 0.2) is 54.7 Å². The number of ether oxygens (including phenoxy) is 1. The number of hydrogen-bond donors (Lipinski definition) is 2.